The van der Waals surface area contributed by atoms with Gasteiger partial charge in [-0.2, -0.15) is 0 Å². The zero-order valence-corrected chi connectivity index (χ0v) is 21.9. The molecule has 0 fully saturated rings. The topological polar surface area (TPSA) is 170 Å². The summed E-state index contributed by atoms with van der Waals surface area (Å²) in [6.07, 6.45) is 0. The number of fused-ring (bicyclic) bond motifs is 3. The Hall–Kier alpha value is -5.17. The quantitative estimate of drug-likeness (QED) is 0.308. The van der Waals surface area contributed by atoms with Gasteiger partial charge in [0.2, 0.25) is 0 Å². The number of hydrogen-bond acceptors (Lipinski definition) is 7. The van der Waals surface area contributed by atoms with E-state index in [1.54, 1.807) is 48.5 Å². The number of hydrogen-bond donors (Lipinski definition) is 2. The third-order valence-corrected chi connectivity index (χ3v) is 5.55. The molecule has 2 heterocycles. The molecular formula is C30H19AlN2O7. The van der Waals surface area contributed by atoms with Gasteiger partial charge in [-0.15, -0.1) is 5.75 Å². The monoisotopic (exact) mass is 546 g/mol. The number of carboxylic acids is 2. The van der Waals surface area contributed by atoms with Gasteiger partial charge in [0.25, 0.3) is 0 Å². The molecular weight excluding hydrogens is 527 g/mol. The molecule has 0 aliphatic carbocycles. The molecule has 0 aliphatic heterocycles. The standard InChI is InChI=1S/2C10H7NO3.C10H8O.Al/c2*12-8-3-1-2-6-4-5-7(10(13)14)11-9(6)8;11-10-7-3-5-8-4-1-2-6-9(8)10;/h2*1-5,12H,(H,13,14);1-7,11H;/q;;;+3/p-3. The average molecular weight is 546 g/mol. The predicted molar refractivity (Wildman–Crippen MR) is 145 cm³/mol. The van der Waals surface area contributed by atoms with Gasteiger partial charge in [0, 0.05) is 0 Å². The van der Waals surface area contributed by atoms with Crippen molar-refractivity contribution >= 4 is 61.9 Å². The Balaban J connectivity index is 0.000000165. The molecule has 0 radical (unpaired) electrons. The van der Waals surface area contributed by atoms with Crippen LogP contribution in [0.2, 0.25) is 0 Å². The Bertz CT molecular complexity index is 1730. The maximum atomic E-state index is 11.3. The molecule has 194 valence electrons. The fraction of sp³-hybridized carbons (Fsp3) is 0. The number of nitrogens with zero attached hydrogens (tertiary/aromatic N) is 2. The second-order valence-electron chi connectivity index (χ2n) is 8.14. The number of aromatic nitrogens is 2. The first-order valence-corrected chi connectivity index (χ1v) is 11.5. The van der Waals surface area contributed by atoms with E-state index < -0.39 is 11.9 Å². The van der Waals surface area contributed by atoms with Crippen LogP contribution in [0.1, 0.15) is 21.0 Å². The first-order chi connectivity index (χ1) is 18.7. The van der Waals surface area contributed by atoms with Crippen molar-refractivity contribution in [2.24, 2.45) is 0 Å². The van der Waals surface area contributed by atoms with Crippen LogP contribution in [0.4, 0.5) is 0 Å². The SMILES string of the molecule is O=C(O)c1ccc2cccc([O-])c2n1.O=C(O)c1ccc2cccc([O-])c2n1.[Al+3].[O-]c1cccc2ccccc12. The van der Waals surface area contributed by atoms with Gasteiger partial charge in [0.1, 0.15) is 11.4 Å². The van der Waals surface area contributed by atoms with Crippen LogP contribution >= 0.6 is 0 Å². The van der Waals surface area contributed by atoms with Crippen LogP contribution < -0.4 is 15.3 Å². The van der Waals surface area contributed by atoms with Crippen molar-refractivity contribution in [1.82, 2.24) is 9.97 Å². The molecule has 0 spiro atoms. The summed E-state index contributed by atoms with van der Waals surface area (Å²) < 4.78 is 0. The van der Waals surface area contributed by atoms with Gasteiger partial charge in [-0.3, -0.25) is 0 Å². The van der Waals surface area contributed by atoms with Gasteiger partial charge >= 0.3 is 29.3 Å². The third kappa shape index (κ3) is 6.82. The summed E-state index contributed by atoms with van der Waals surface area (Å²) in [5.74, 6) is -2.68. The van der Waals surface area contributed by atoms with Crippen molar-refractivity contribution in [2.75, 3.05) is 0 Å². The largest absolute Gasteiger partial charge is 3.00 e. The molecule has 0 unspecified atom stereocenters. The molecule has 4 aromatic carbocycles. The van der Waals surface area contributed by atoms with Crippen LogP contribution in [0.5, 0.6) is 17.2 Å². The molecule has 40 heavy (non-hydrogen) atoms. The van der Waals surface area contributed by atoms with E-state index in [2.05, 4.69) is 9.97 Å². The Labute approximate surface area is 238 Å². The maximum Gasteiger partial charge on any atom is 3.00 e. The van der Waals surface area contributed by atoms with Gasteiger partial charge in [-0.05, 0) is 33.7 Å². The molecule has 0 saturated heterocycles. The summed E-state index contributed by atoms with van der Waals surface area (Å²) in [5, 5.41) is 54.2. The zero-order valence-electron chi connectivity index (χ0n) is 20.7. The molecule has 0 aliphatic rings. The number of rotatable bonds is 2. The van der Waals surface area contributed by atoms with Crippen molar-refractivity contribution < 1.29 is 35.1 Å². The van der Waals surface area contributed by atoms with Crippen molar-refractivity contribution in [3.63, 3.8) is 0 Å². The van der Waals surface area contributed by atoms with Gasteiger partial charge in [0.15, 0.2) is 0 Å². The minimum Gasteiger partial charge on any atom is -0.872 e. The number of aromatic carboxylic acids is 2. The van der Waals surface area contributed by atoms with E-state index in [9.17, 15) is 24.9 Å². The molecule has 6 rings (SSSR count). The minimum absolute atomic E-state index is 0. The predicted octanol–water partition coefficient (Wildman–Crippen LogP) is 3.55. The second-order valence-corrected chi connectivity index (χ2v) is 8.14. The minimum atomic E-state index is -1.13. The number of pyridine rings is 2. The zero-order chi connectivity index (χ0) is 27.9. The van der Waals surface area contributed by atoms with Gasteiger partial charge in [0.05, 0.1) is 11.0 Å². The summed E-state index contributed by atoms with van der Waals surface area (Å²) in [5.41, 5.74) is 0.182. The van der Waals surface area contributed by atoms with Crippen LogP contribution in [0.15, 0.2) is 103 Å². The number of carboxylic acid groups (broad SMARTS) is 2. The third-order valence-electron chi connectivity index (χ3n) is 5.55. The summed E-state index contributed by atoms with van der Waals surface area (Å²) in [6.45, 7) is 0. The molecule has 0 amide bonds. The van der Waals surface area contributed by atoms with Crippen LogP contribution in [0.25, 0.3) is 32.6 Å². The molecule has 0 saturated carbocycles. The van der Waals surface area contributed by atoms with E-state index in [0.717, 1.165) is 10.8 Å². The van der Waals surface area contributed by atoms with Gasteiger partial charge in [-0.25, -0.2) is 19.6 Å². The Morgan fingerprint density at radius 1 is 0.500 bits per heavy atom. The van der Waals surface area contributed by atoms with E-state index in [1.807, 2.05) is 30.3 Å². The molecule has 2 aromatic heterocycles. The second kappa shape index (κ2) is 13.1. The smallest absolute Gasteiger partial charge is 0.872 e. The van der Waals surface area contributed by atoms with Crippen molar-refractivity contribution in [1.29, 1.82) is 0 Å². The Kier molecular flexibility index (Phi) is 9.60. The summed E-state index contributed by atoms with van der Waals surface area (Å²) in [7, 11) is 0. The number of para-hydroxylation sites is 2. The van der Waals surface area contributed by atoms with Crippen molar-refractivity contribution in [2.45, 2.75) is 0 Å². The van der Waals surface area contributed by atoms with E-state index in [0.29, 0.717) is 10.8 Å². The van der Waals surface area contributed by atoms with Crippen LogP contribution in [0.3, 0.4) is 0 Å². The first kappa shape index (κ1) is 29.4. The molecule has 2 N–H and O–H groups in total. The van der Waals surface area contributed by atoms with E-state index in [-0.39, 0.29) is 57.0 Å². The van der Waals surface area contributed by atoms with E-state index >= 15 is 0 Å². The first-order valence-electron chi connectivity index (χ1n) is 11.5. The van der Waals surface area contributed by atoms with Crippen molar-refractivity contribution in [3.8, 4) is 17.2 Å². The van der Waals surface area contributed by atoms with Crippen LogP contribution in [-0.2, 0) is 0 Å². The molecule has 6 aromatic rings. The summed E-state index contributed by atoms with van der Waals surface area (Å²) >= 11 is 0. The fourth-order valence-electron chi connectivity index (χ4n) is 3.67. The number of carbonyl (C=O) groups is 2. The van der Waals surface area contributed by atoms with Crippen LogP contribution in [0, 0.1) is 0 Å². The van der Waals surface area contributed by atoms with Crippen molar-refractivity contribution in [3.05, 3.63) is 115 Å². The normalized spacial score (nSPS) is 10.0. The fourth-order valence-corrected chi connectivity index (χ4v) is 3.67. The maximum absolute atomic E-state index is 11.3. The molecule has 9 nitrogen and oxygen atoms in total. The van der Waals surface area contributed by atoms with Gasteiger partial charge < -0.3 is 25.5 Å². The van der Waals surface area contributed by atoms with E-state index in [4.69, 9.17) is 10.2 Å². The summed E-state index contributed by atoms with van der Waals surface area (Å²) in [4.78, 5) is 28.7. The van der Waals surface area contributed by atoms with E-state index in [1.165, 1.54) is 24.3 Å². The van der Waals surface area contributed by atoms with Gasteiger partial charge in [-0.1, -0.05) is 102 Å². The summed E-state index contributed by atoms with van der Waals surface area (Å²) in [6, 6.07) is 28.2. The molecule has 0 bridgehead atoms. The molecule has 0 atom stereocenters. The van der Waals surface area contributed by atoms with Crippen LogP contribution in [-0.4, -0.2) is 49.5 Å². The Morgan fingerprint density at radius 2 is 0.900 bits per heavy atom. The number of benzene rings is 4. The Morgan fingerprint density at radius 3 is 1.35 bits per heavy atom. The molecule has 10 heteroatoms. The average Bonchev–Trinajstić information content (AvgIpc) is 2.94.